The van der Waals surface area contributed by atoms with Gasteiger partial charge in [0.05, 0.1) is 5.56 Å². The highest BCUT2D eigenvalue weighted by Gasteiger charge is 2.37. The normalized spacial score (nSPS) is 24.7. The molecule has 7 heteroatoms. The van der Waals surface area contributed by atoms with Gasteiger partial charge >= 0.3 is 6.18 Å². The number of benzene rings is 1. The summed E-state index contributed by atoms with van der Waals surface area (Å²) in [4.78, 5) is 28.0. The Morgan fingerprint density at radius 3 is 2.72 bits per heavy atom. The number of carbonyl (C=O) groups is 2. The highest BCUT2D eigenvalue weighted by Crippen LogP contribution is 2.32. The van der Waals surface area contributed by atoms with Crippen LogP contribution in [0.2, 0.25) is 0 Å². The number of amides is 2. The van der Waals surface area contributed by atoms with Crippen LogP contribution in [0.5, 0.6) is 0 Å². The molecule has 2 atom stereocenters. The van der Waals surface area contributed by atoms with E-state index in [-0.39, 0.29) is 29.3 Å². The first-order chi connectivity index (χ1) is 11.8. The lowest BCUT2D eigenvalue weighted by molar-refractivity contribution is -0.137. The van der Waals surface area contributed by atoms with Crippen LogP contribution in [0, 0.1) is 5.92 Å². The third-order valence-corrected chi connectivity index (χ3v) is 5.27. The number of hydrogen-bond acceptors (Lipinski definition) is 2. The van der Waals surface area contributed by atoms with Crippen LogP contribution in [0.25, 0.3) is 0 Å². The van der Waals surface area contributed by atoms with E-state index in [2.05, 4.69) is 0 Å². The summed E-state index contributed by atoms with van der Waals surface area (Å²) in [5.74, 6) is -0.0621. The second kappa shape index (κ2) is 6.69. The summed E-state index contributed by atoms with van der Waals surface area (Å²) in [6, 6.07) is 4.68. The first kappa shape index (κ1) is 17.8. The van der Waals surface area contributed by atoms with Crippen molar-refractivity contribution in [2.45, 2.75) is 37.9 Å². The van der Waals surface area contributed by atoms with Gasteiger partial charge in [0.25, 0.3) is 5.91 Å². The molecular weight excluding hydrogens is 333 g/mol. The van der Waals surface area contributed by atoms with Gasteiger partial charge < -0.3 is 9.80 Å². The van der Waals surface area contributed by atoms with E-state index in [1.165, 1.54) is 12.1 Å². The zero-order valence-electron chi connectivity index (χ0n) is 14.1. The van der Waals surface area contributed by atoms with E-state index >= 15 is 0 Å². The molecule has 4 nitrogen and oxygen atoms in total. The lowest BCUT2D eigenvalue weighted by Crippen LogP contribution is -2.51. The third-order valence-electron chi connectivity index (χ3n) is 5.27. The van der Waals surface area contributed by atoms with Crippen molar-refractivity contribution in [3.63, 3.8) is 0 Å². The smallest absolute Gasteiger partial charge is 0.342 e. The monoisotopic (exact) mass is 354 g/mol. The topological polar surface area (TPSA) is 40.6 Å². The molecule has 25 heavy (non-hydrogen) atoms. The molecule has 1 aromatic rings. The minimum atomic E-state index is -4.46. The van der Waals surface area contributed by atoms with Crippen LogP contribution in [0.1, 0.15) is 41.6 Å². The molecule has 3 rings (SSSR count). The lowest BCUT2D eigenvalue weighted by atomic mass is 9.88. The predicted molar refractivity (Wildman–Crippen MR) is 85.9 cm³/mol. The Morgan fingerprint density at radius 1 is 1.24 bits per heavy atom. The second-order valence-electron chi connectivity index (χ2n) is 6.84. The molecule has 0 bridgehead atoms. The molecule has 136 valence electrons. The third kappa shape index (κ3) is 3.65. The number of piperidine rings is 1. The Bertz CT molecular complexity index is 675. The van der Waals surface area contributed by atoms with Gasteiger partial charge in [-0.3, -0.25) is 9.59 Å². The van der Waals surface area contributed by atoms with Crippen molar-refractivity contribution in [2.75, 3.05) is 20.1 Å². The largest absolute Gasteiger partial charge is 0.416 e. The Morgan fingerprint density at radius 2 is 2.00 bits per heavy atom. The molecule has 0 spiro atoms. The van der Waals surface area contributed by atoms with Gasteiger partial charge in [-0.25, -0.2) is 0 Å². The molecule has 0 unspecified atom stereocenters. The van der Waals surface area contributed by atoms with Gasteiger partial charge in [-0.15, -0.1) is 0 Å². The molecule has 2 fully saturated rings. The molecule has 2 heterocycles. The highest BCUT2D eigenvalue weighted by molar-refractivity contribution is 5.94. The number of halogens is 3. The fourth-order valence-electron chi connectivity index (χ4n) is 3.89. The fourth-order valence-corrected chi connectivity index (χ4v) is 3.89. The number of carbonyl (C=O) groups excluding carboxylic acids is 2. The Kier molecular flexibility index (Phi) is 4.75. The molecule has 2 saturated heterocycles. The van der Waals surface area contributed by atoms with Crippen molar-refractivity contribution >= 4 is 11.8 Å². The predicted octanol–water partition coefficient (Wildman–Crippen LogP) is 3.18. The van der Waals surface area contributed by atoms with Crippen molar-refractivity contribution in [2.24, 2.45) is 5.92 Å². The van der Waals surface area contributed by atoms with Crippen LogP contribution in [-0.4, -0.2) is 47.8 Å². The second-order valence-corrected chi connectivity index (χ2v) is 6.84. The van der Waals surface area contributed by atoms with E-state index in [0.29, 0.717) is 25.9 Å². The van der Waals surface area contributed by atoms with E-state index in [1.807, 2.05) is 0 Å². The first-order valence-electron chi connectivity index (χ1n) is 8.49. The summed E-state index contributed by atoms with van der Waals surface area (Å²) < 4.78 is 38.6. The summed E-state index contributed by atoms with van der Waals surface area (Å²) in [7, 11) is 1.80. The maximum atomic E-state index is 12.9. The van der Waals surface area contributed by atoms with Gasteiger partial charge in [0, 0.05) is 38.2 Å². The summed E-state index contributed by atoms with van der Waals surface area (Å²) in [5.41, 5.74) is -0.751. The molecule has 0 saturated carbocycles. The van der Waals surface area contributed by atoms with Gasteiger partial charge in [-0.05, 0) is 43.4 Å². The maximum absolute atomic E-state index is 12.9. The Hall–Kier alpha value is -2.05. The summed E-state index contributed by atoms with van der Waals surface area (Å²) in [5, 5.41) is 0. The van der Waals surface area contributed by atoms with E-state index in [9.17, 15) is 22.8 Å². The average molecular weight is 354 g/mol. The average Bonchev–Trinajstić information content (AvgIpc) is 2.72. The van der Waals surface area contributed by atoms with Gasteiger partial charge in [0.1, 0.15) is 0 Å². The van der Waals surface area contributed by atoms with Crippen LogP contribution in [0.4, 0.5) is 13.2 Å². The molecular formula is C18H21F3N2O2. The lowest BCUT2D eigenvalue weighted by Gasteiger charge is -2.41. The fraction of sp³-hybridized carbons (Fsp3) is 0.556. The van der Waals surface area contributed by atoms with Crippen molar-refractivity contribution in [1.82, 2.24) is 9.80 Å². The Labute approximate surface area is 144 Å². The van der Waals surface area contributed by atoms with Crippen LogP contribution in [0.15, 0.2) is 24.3 Å². The highest BCUT2D eigenvalue weighted by atomic mass is 19.4. The number of rotatable bonds is 1. The molecule has 0 radical (unpaired) electrons. The van der Waals surface area contributed by atoms with E-state index in [1.54, 1.807) is 16.8 Å². The van der Waals surface area contributed by atoms with Crippen LogP contribution in [-0.2, 0) is 11.0 Å². The number of likely N-dealkylation sites (tertiary alicyclic amines) is 2. The number of alkyl halides is 3. The molecule has 2 aliphatic heterocycles. The molecule has 2 aliphatic rings. The van der Waals surface area contributed by atoms with Crippen LogP contribution < -0.4 is 0 Å². The molecule has 0 aromatic heterocycles. The van der Waals surface area contributed by atoms with Crippen LogP contribution in [0.3, 0.4) is 0 Å². The van der Waals surface area contributed by atoms with Gasteiger partial charge in [0.15, 0.2) is 0 Å². The minimum Gasteiger partial charge on any atom is -0.342 e. The minimum absolute atomic E-state index is 0.0614. The quantitative estimate of drug-likeness (QED) is 0.777. The number of nitrogens with zero attached hydrogens (tertiary/aromatic N) is 2. The first-order valence-corrected chi connectivity index (χ1v) is 8.49. The van der Waals surface area contributed by atoms with E-state index < -0.39 is 11.7 Å². The van der Waals surface area contributed by atoms with Crippen molar-refractivity contribution < 1.29 is 22.8 Å². The Balaban J connectivity index is 1.75. The standard InChI is InChI=1S/C18H21F3N2O2/c1-22-15-8-9-23(11-13(15)5-3-7-16(22)24)17(25)12-4-2-6-14(10-12)18(19,20)21/h2,4,6,10,13,15H,3,5,7-9,11H2,1H3/t13-,15+/m0/s1. The molecule has 1 aromatic carbocycles. The molecule has 0 N–H and O–H groups in total. The zero-order chi connectivity index (χ0) is 18.2. The number of fused-ring (bicyclic) bond motifs is 1. The van der Waals surface area contributed by atoms with Crippen LogP contribution >= 0.6 is 0 Å². The SMILES string of the molecule is CN1C(=O)CCC[C@H]2CN(C(=O)c3cccc(C(F)(F)F)c3)CC[C@H]21. The molecule has 2 amide bonds. The van der Waals surface area contributed by atoms with Gasteiger partial charge in [0.2, 0.25) is 5.91 Å². The zero-order valence-corrected chi connectivity index (χ0v) is 14.1. The maximum Gasteiger partial charge on any atom is 0.416 e. The summed E-state index contributed by atoms with van der Waals surface area (Å²) in [6.07, 6.45) is -1.64. The van der Waals surface area contributed by atoms with Crippen molar-refractivity contribution in [3.05, 3.63) is 35.4 Å². The van der Waals surface area contributed by atoms with Crippen molar-refractivity contribution in [1.29, 1.82) is 0 Å². The molecule has 0 aliphatic carbocycles. The van der Waals surface area contributed by atoms with Gasteiger partial charge in [-0.1, -0.05) is 6.07 Å². The van der Waals surface area contributed by atoms with Gasteiger partial charge in [-0.2, -0.15) is 13.2 Å². The number of hydrogen-bond donors (Lipinski definition) is 0. The van der Waals surface area contributed by atoms with E-state index in [0.717, 1.165) is 25.0 Å². The summed E-state index contributed by atoms with van der Waals surface area (Å²) in [6.45, 7) is 0.936. The summed E-state index contributed by atoms with van der Waals surface area (Å²) >= 11 is 0. The van der Waals surface area contributed by atoms with Crippen molar-refractivity contribution in [3.8, 4) is 0 Å². The van der Waals surface area contributed by atoms with E-state index in [4.69, 9.17) is 0 Å².